The highest BCUT2D eigenvalue weighted by atomic mass is 16.4. The van der Waals surface area contributed by atoms with Crippen LogP contribution in [0.3, 0.4) is 0 Å². The van der Waals surface area contributed by atoms with Crippen molar-refractivity contribution in [3.8, 4) is 0 Å². The van der Waals surface area contributed by atoms with Crippen LogP contribution in [0.25, 0.3) is 0 Å². The number of rotatable bonds is 3. The Hall–Kier alpha value is -3.61. The molecule has 2 amide bonds. The molecular formula is C23H20N2O5. The summed E-state index contributed by atoms with van der Waals surface area (Å²) >= 11 is 0. The normalized spacial score (nSPS) is 15.1. The summed E-state index contributed by atoms with van der Waals surface area (Å²) in [6, 6.07) is 7.12. The van der Waals surface area contributed by atoms with Gasteiger partial charge in [-0.15, -0.1) is 0 Å². The van der Waals surface area contributed by atoms with E-state index in [2.05, 4.69) is 5.32 Å². The minimum atomic E-state index is -0.376. The first-order valence-corrected chi connectivity index (χ1v) is 9.96. The number of carbonyl (C=O) groups excluding carboxylic acids is 3. The van der Waals surface area contributed by atoms with E-state index in [-0.39, 0.29) is 23.4 Å². The average Bonchev–Trinajstić information content (AvgIpc) is 3.46. The number of amides is 2. The quantitative estimate of drug-likeness (QED) is 0.708. The molecule has 0 saturated carbocycles. The maximum absolute atomic E-state index is 12.8. The van der Waals surface area contributed by atoms with E-state index in [0.29, 0.717) is 53.9 Å². The van der Waals surface area contributed by atoms with Crippen LogP contribution in [-0.2, 0) is 12.8 Å². The van der Waals surface area contributed by atoms with E-state index in [1.807, 2.05) is 12.1 Å². The van der Waals surface area contributed by atoms with Gasteiger partial charge in [0.05, 0.1) is 17.4 Å². The van der Waals surface area contributed by atoms with Crippen LogP contribution in [0.15, 0.2) is 45.6 Å². The van der Waals surface area contributed by atoms with Gasteiger partial charge >= 0.3 is 0 Å². The second-order valence-corrected chi connectivity index (χ2v) is 7.65. The number of nitrogens with one attached hydrogen (secondary N) is 1. The molecule has 0 saturated heterocycles. The molecule has 1 N–H and O–H groups in total. The Morgan fingerprint density at radius 3 is 2.77 bits per heavy atom. The van der Waals surface area contributed by atoms with Gasteiger partial charge in [-0.3, -0.25) is 14.4 Å². The summed E-state index contributed by atoms with van der Waals surface area (Å²) in [6.07, 6.45) is 5.53. The molecule has 3 aromatic rings. The third kappa shape index (κ3) is 2.94. The number of hydrogen-bond acceptors (Lipinski definition) is 5. The van der Waals surface area contributed by atoms with E-state index in [1.165, 1.54) is 12.5 Å². The molecule has 1 aromatic carbocycles. The van der Waals surface area contributed by atoms with Crippen molar-refractivity contribution in [2.75, 3.05) is 16.8 Å². The lowest BCUT2D eigenvalue weighted by Crippen LogP contribution is -2.28. The number of carbonyl (C=O) groups is 3. The molecule has 0 spiro atoms. The maximum Gasteiger partial charge on any atom is 0.291 e. The van der Waals surface area contributed by atoms with Crippen LogP contribution in [0.4, 0.5) is 11.4 Å². The first-order chi connectivity index (χ1) is 14.5. The van der Waals surface area contributed by atoms with E-state index in [9.17, 15) is 14.4 Å². The van der Waals surface area contributed by atoms with E-state index in [1.54, 1.807) is 24.0 Å². The number of nitrogens with zero attached hydrogens (tertiary/aromatic N) is 1. The lowest BCUT2D eigenvalue weighted by molar-refractivity contribution is 0.0962. The Balaban J connectivity index is 1.37. The highest BCUT2D eigenvalue weighted by Crippen LogP contribution is 2.33. The molecule has 152 valence electrons. The molecule has 0 fully saturated rings. The molecule has 7 nitrogen and oxygen atoms in total. The van der Waals surface area contributed by atoms with Gasteiger partial charge in [-0.05, 0) is 49.6 Å². The van der Waals surface area contributed by atoms with Crippen LogP contribution in [0.2, 0.25) is 0 Å². The summed E-state index contributed by atoms with van der Waals surface area (Å²) in [5.74, 6) is 0.347. The monoisotopic (exact) mass is 404 g/mol. The zero-order valence-corrected chi connectivity index (χ0v) is 16.5. The zero-order chi connectivity index (χ0) is 20.8. The summed E-state index contributed by atoms with van der Waals surface area (Å²) < 4.78 is 10.7. The molecule has 5 rings (SSSR count). The summed E-state index contributed by atoms with van der Waals surface area (Å²) in [5, 5.41) is 2.86. The minimum Gasteiger partial charge on any atom is -0.472 e. The average molecular weight is 404 g/mol. The van der Waals surface area contributed by atoms with Crippen molar-refractivity contribution in [2.24, 2.45) is 0 Å². The topological polar surface area (TPSA) is 92.8 Å². The summed E-state index contributed by atoms with van der Waals surface area (Å²) in [4.78, 5) is 39.3. The predicted molar refractivity (Wildman–Crippen MR) is 109 cm³/mol. The Labute approximate surface area is 172 Å². The summed E-state index contributed by atoms with van der Waals surface area (Å²) in [7, 11) is 0. The molecule has 2 aliphatic rings. The third-order valence-corrected chi connectivity index (χ3v) is 5.76. The molecule has 0 atom stereocenters. The van der Waals surface area contributed by atoms with Crippen molar-refractivity contribution in [1.29, 1.82) is 0 Å². The fourth-order valence-electron chi connectivity index (χ4n) is 4.29. The molecule has 1 aliphatic carbocycles. The van der Waals surface area contributed by atoms with Gasteiger partial charge in [-0.2, -0.15) is 0 Å². The van der Waals surface area contributed by atoms with Crippen LogP contribution in [-0.4, -0.2) is 24.1 Å². The molecule has 2 aromatic heterocycles. The molecule has 1 aliphatic heterocycles. The number of hydrogen-bond donors (Lipinski definition) is 1. The third-order valence-electron chi connectivity index (χ3n) is 5.76. The van der Waals surface area contributed by atoms with Crippen molar-refractivity contribution >= 4 is 29.0 Å². The fraction of sp³-hybridized carbons (Fsp3) is 0.261. The molecule has 0 unspecified atom stereocenters. The van der Waals surface area contributed by atoms with Crippen molar-refractivity contribution < 1.29 is 23.2 Å². The van der Waals surface area contributed by atoms with Crippen molar-refractivity contribution in [3.63, 3.8) is 0 Å². The molecule has 0 bridgehead atoms. The van der Waals surface area contributed by atoms with Gasteiger partial charge in [0.2, 0.25) is 0 Å². The SMILES string of the molecule is Cc1c(C(=O)Nc2ccc3c(c2)CCN3C(=O)c2ccoc2)oc2c1C(=O)CCC2. The highest BCUT2D eigenvalue weighted by Gasteiger charge is 2.30. The lowest BCUT2D eigenvalue weighted by Gasteiger charge is -2.16. The van der Waals surface area contributed by atoms with Gasteiger partial charge < -0.3 is 19.1 Å². The lowest BCUT2D eigenvalue weighted by atomic mass is 9.94. The van der Waals surface area contributed by atoms with Gasteiger partial charge in [0.25, 0.3) is 11.8 Å². The predicted octanol–water partition coefficient (Wildman–Crippen LogP) is 4.16. The Morgan fingerprint density at radius 1 is 1.13 bits per heavy atom. The van der Waals surface area contributed by atoms with E-state index < -0.39 is 0 Å². The van der Waals surface area contributed by atoms with Crippen LogP contribution in [0.5, 0.6) is 0 Å². The van der Waals surface area contributed by atoms with E-state index in [0.717, 1.165) is 17.7 Å². The van der Waals surface area contributed by atoms with E-state index in [4.69, 9.17) is 8.83 Å². The van der Waals surface area contributed by atoms with E-state index >= 15 is 0 Å². The maximum atomic E-state index is 12.8. The number of anilines is 2. The second kappa shape index (κ2) is 7.02. The van der Waals surface area contributed by atoms with Gasteiger partial charge in [-0.1, -0.05) is 0 Å². The first-order valence-electron chi connectivity index (χ1n) is 9.96. The van der Waals surface area contributed by atoms with Crippen LogP contribution in [0, 0.1) is 6.92 Å². The minimum absolute atomic E-state index is 0.0384. The number of benzene rings is 1. The van der Waals surface area contributed by atoms with Crippen LogP contribution in [0.1, 0.15) is 61.0 Å². The van der Waals surface area contributed by atoms with Gasteiger partial charge in [0.15, 0.2) is 11.5 Å². The number of aryl methyl sites for hydroxylation is 1. The standard InChI is InChI=1S/C23H20N2O5/c1-13-20-18(26)3-2-4-19(20)30-21(13)22(27)24-16-5-6-17-14(11-16)7-9-25(17)23(28)15-8-10-29-12-15/h5-6,8,10-12H,2-4,7,9H2,1H3,(H,24,27). The molecular weight excluding hydrogens is 384 g/mol. The van der Waals surface area contributed by atoms with Gasteiger partial charge in [0, 0.05) is 36.3 Å². The van der Waals surface area contributed by atoms with Crippen molar-refractivity contribution in [1.82, 2.24) is 0 Å². The smallest absolute Gasteiger partial charge is 0.291 e. The summed E-state index contributed by atoms with van der Waals surface area (Å²) in [6.45, 7) is 2.32. The highest BCUT2D eigenvalue weighted by molar-refractivity contribution is 6.09. The second-order valence-electron chi connectivity index (χ2n) is 7.65. The zero-order valence-electron chi connectivity index (χ0n) is 16.5. The molecule has 30 heavy (non-hydrogen) atoms. The first kappa shape index (κ1) is 18.4. The Bertz CT molecular complexity index is 1170. The number of Topliss-reactive ketones (excluding diaryl/α,β-unsaturated/α-hetero) is 1. The Morgan fingerprint density at radius 2 is 2.00 bits per heavy atom. The molecule has 0 radical (unpaired) electrons. The number of fused-ring (bicyclic) bond motifs is 2. The number of ketones is 1. The Kier molecular flexibility index (Phi) is 4.31. The molecule has 7 heteroatoms. The largest absolute Gasteiger partial charge is 0.472 e. The summed E-state index contributed by atoms with van der Waals surface area (Å²) in [5.41, 5.74) is 4.10. The van der Waals surface area contributed by atoms with Crippen molar-refractivity contribution in [2.45, 2.75) is 32.6 Å². The van der Waals surface area contributed by atoms with Crippen LogP contribution < -0.4 is 10.2 Å². The van der Waals surface area contributed by atoms with Crippen molar-refractivity contribution in [3.05, 3.63) is 70.6 Å². The van der Waals surface area contributed by atoms with Gasteiger partial charge in [0.1, 0.15) is 12.0 Å². The number of furan rings is 2. The fourth-order valence-corrected chi connectivity index (χ4v) is 4.29. The molecule has 3 heterocycles. The van der Waals surface area contributed by atoms with Crippen LogP contribution >= 0.6 is 0 Å². The van der Waals surface area contributed by atoms with Gasteiger partial charge in [-0.25, -0.2) is 0 Å².